The van der Waals surface area contributed by atoms with Gasteiger partial charge in [0.05, 0.1) is 11.1 Å². The number of nitrogens with zero attached hydrogens (tertiary/aromatic N) is 1. The molecule has 2 aromatic carbocycles. The zero-order chi connectivity index (χ0) is 26.2. The van der Waals surface area contributed by atoms with Gasteiger partial charge in [-0.1, -0.05) is 0 Å². The largest absolute Gasteiger partial charge is 0.471 e. The quantitative estimate of drug-likeness (QED) is 0.137. The summed E-state index contributed by atoms with van der Waals surface area (Å²) in [6.45, 7) is -0.814. The number of carbonyl (C=O) groups excluding carboxylic acids is 2. The van der Waals surface area contributed by atoms with E-state index in [2.05, 4.69) is 19.1 Å². The van der Waals surface area contributed by atoms with E-state index in [0.29, 0.717) is 17.0 Å². The molecule has 0 aliphatic rings. The fourth-order valence-electron chi connectivity index (χ4n) is 2.37. The lowest BCUT2D eigenvalue weighted by Gasteiger charge is -2.15. The minimum absolute atomic E-state index is 0.0202. The van der Waals surface area contributed by atoms with E-state index in [1.807, 2.05) is 0 Å². The first-order valence-corrected chi connectivity index (χ1v) is 11.5. The Morgan fingerprint density at radius 1 is 1.17 bits per heavy atom. The molecule has 15 heteroatoms. The Hall–Kier alpha value is -3.08. The van der Waals surface area contributed by atoms with Crippen LogP contribution >= 0.6 is 17.1 Å². The van der Waals surface area contributed by atoms with Gasteiger partial charge >= 0.3 is 14.0 Å². The van der Waals surface area contributed by atoms with Crippen molar-refractivity contribution >= 4 is 29.4 Å². The monoisotopic (exact) mass is 536 g/mol. The molecule has 0 fully saturated rings. The highest BCUT2D eigenvalue weighted by Crippen LogP contribution is 2.36. The van der Waals surface area contributed by atoms with Crippen LogP contribution in [0, 0.1) is 5.82 Å². The molecule has 188 valence electrons. The van der Waals surface area contributed by atoms with Gasteiger partial charge in [0.25, 0.3) is 5.91 Å². The smallest absolute Gasteiger partial charge is 0.457 e. The number of hydrogen-bond donors (Lipinski definition) is 3. The number of benzene rings is 2. The second-order valence-corrected chi connectivity index (χ2v) is 8.10. The van der Waals surface area contributed by atoms with Crippen LogP contribution in [0.4, 0.5) is 17.6 Å². The molecule has 0 spiro atoms. The molecule has 0 heterocycles. The van der Waals surface area contributed by atoms with Gasteiger partial charge in [-0.15, -0.1) is 9.24 Å². The van der Waals surface area contributed by atoms with Crippen molar-refractivity contribution < 1.29 is 50.8 Å². The molecule has 0 bridgehead atoms. The van der Waals surface area contributed by atoms with Crippen LogP contribution in [0.2, 0.25) is 0 Å². The van der Waals surface area contributed by atoms with Crippen LogP contribution in [-0.2, 0) is 20.1 Å². The molecule has 0 saturated carbocycles. The zero-order valence-electron chi connectivity index (χ0n) is 17.5. The molecule has 0 aromatic heterocycles. The van der Waals surface area contributed by atoms with Crippen molar-refractivity contribution in [2.24, 2.45) is 0 Å². The van der Waals surface area contributed by atoms with Gasteiger partial charge in [0.2, 0.25) is 6.41 Å². The maximum atomic E-state index is 13.2. The Kier molecular flexibility index (Phi) is 9.70. The second-order valence-electron chi connectivity index (χ2n) is 6.52. The molecule has 2 rings (SSSR count). The molecule has 9 nitrogen and oxygen atoms in total. The summed E-state index contributed by atoms with van der Waals surface area (Å²) in [5.41, 5.74) is -1.64. The number of ether oxygens (including phenoxy) is 1. The average molecular weight is 536 g/mol. The number of phosphoric ester groups is 1. The lowest BCUT2D eigenvalue weighted by Crippen LogP contribution is -2.24. The number of amides is 2. The first kappa shape index (κ1) is 28.2. The third-order valence-corrected chi connectivity index (χ3v) is 4.80. The highest BCUT2D eigenvalue weighted by atomic mass is 31.2. The second kappa shape index (κ2) is 12.1. The van der Waals surface area contributed by atoms with Crippen molar-refractivity contribution in [3.63, 3.8) is 0 Å². The number of nitrogens with one attached hydrogen (secondary N) is 1. The van der Waals surface area contributed by atoms with Gasteiger partial charge in [-0.3, -0.25) is 19.0 Å². The van der Waals surface area contributed by atoms with Crippen molar-refractivity contribution in [2.45, 2.75) is 6.18 Å². The molecule has 2 aromatic rings. The molecule has 3 N–H and O–H groups in total. The van der Waals surface area contributed by atoms with Gasteiger partial charge in [0.15, 0.2) is 0 Å². The van der Waals surface area contributed by atoms with E-state index in [0.717, 1.165) is 30.5 Å². The summed E-state index contributed by atoms with van der Waals surface area (Å²) >= 11 is 0. The van der Waals surface area contributed by atoms with E-state index < -0.39 is 43.6 Å². The van der Waals surface area contributed by atoms with Gasteiger partial charge in [-0.05, 0) is 54.4 Å². The minimum Gasteiger partial charge on any atom is -0.457 e. The highest BCUT2D eigenvalue weighted by Gasteiger charge is 2.32. The van der Waals surface area contributed by atoms with Crippen LogP contribution in [-0.4, -0.2) is 33.7 Å². The number of hydrogen-bond acceptors (Lipinski definition) is 5. The fourth-order valence-corrected chi connectivity index (χ4v) is 2.84. The van der Waals surface area contributed by atoms with Gasteiger partial charge in [-0.2, -0.15) is 13.2 Å². The first-order valence-electron chi connectivity index (χ1n) is 9.29. The standard InChI is InChI=1S/C20H18F4N2O7P2/c21-14-2-4-16(5-3-14)33-18-6-1-13(20(22,23)24)9-17(18)19(28)25-15(10-34)7-8-26(11-27)12-32-35(29,30)31/h1-11H,12,34H2,(H,25,28)(H2,29,30,31)/b8-7-,15-10+. The summed E-state index contributed by atoms with van der Waals surface area (Å²) in [5.74, 6) is -0.515. The summed E-state index contributed by atoms with van der Waals surface area (Å²) in [6.07, 6.45) is -2.46. The van der Waals surface area contributed by atoms with Gasteiger partial charge in [-0.25, -0.2) is 8.96 Å². The molecular formula is C20H18F4N2O7P2. The van der Waals surface area contributed by atoms with Crippen LogP contribution < -0.4 is 10.1 Å². The van der Waals surface area contributed by atoms with E-state index in [9.17, 15) is 31.7 Å². The third-order valence-electron chi connectivity index (χ3n) is 3.99. The number of phosphoric acid groups is 1. The van der Waals surface area contributed by atoms with Crippen LogP contribution in [0.15, 0.2) is 66.3 Å². The van der Waals surface area contributed by atoms with Crippen LogP contribution in [0.1, 0.15) is 15.9 Å². The summed E-state index contributed by atoms with van der Waals surface area (Å²) in [5, 5.41) is 2.32. The zero-order valence-corrected chi connectivity index (χ0v) is 19.5. The topological polar surface area (TPSA) is 125 Å². The third kappa shape index (κ3) is 9.23. The molecule has 0 aliphatic heterocycles. The number of rotatable bonds is 10. The van der Waals surface area contributed by atoms with E-state index in [1.165, 1.54) is 17.9 Å². The predicted octanol–water partition coefficient (Wildman–Crippen LogP) is 4.12. The Bertz CT molecular complexity index is 1170. The van der Waals surface area contributed by atoms with Gasteiger partial charge < -0.3 is 19.8 Å². The maximum absolute atomic E-state index is 13.2. The van der Waals surface area contributed by atoms with Crippen LogP contribution in [0.25, 0.3) is 0 Å². The number of halogens is 4. The molecule has 0 aliphatic carbocycles. The Balaban J connectivity index is 2.29. The lowest BCUT2D eigenvalue weighted by molar-refractivity contribution is -0.137. The molecular weight excluding hydrogens is 518 g/mol. The van der Waals surface area contributed by atoms with E-state index in [-0.39, 0.29) is 23.6 Å². The molecule has 0 radical (unpaired) electrons. The summed E-state index contributed by atoms with van der Waals surface area (Å²) in [4.78, 5) is 41.9. The number of carbonyl (C=O) groups is 2. The lowest BCUT2D eigenvalue weighted by atomic mass is 10.1. The van der Waals surface area contributed by atoms with E-state index in [1.54, 1.807) is 0 Å². The molecule has 0 saturated heterocycles. The molecule has 1 unspecified atom stereocenters. The number of alkyl halides is 3. The number of allylic oxidation sites excluding steroid dienone is 1. The first-order chi connectivity index (χ1) is 16.3. The van der Waals surface area contributed by atoms with Crippen molar-refractivity contribution in [3.05, 3.63) is 83.2 Å². The highest BCUT2D eigenvalue weighted by molar-refractivity contribution is 7.46. The SMILES string of the molecule is O=CN(/C=C\C(=C/P)NC(=O)c1cc(C(F)(F)F)ccc1Oc1ccc(F)cc1)COP(=O)(O)O. The molecule has 1 atom stereocenters. The van der Waals surface area contributed by atoms with Crippen molar-refractivity contribution in [3.8, 4) is 11.5 Å². The Morgan fingerprint density at radius 3 is 2.37 bits per heavy atom. The van der Waals surface area contributed by atoms with Crippen LogP contribution in [0.3, 0.4) is 0 Å². The summed E-state index contributed by atoms with van der Waals surface area (Å²) < 4.78 is 73.2. The molecule has 2 amide bonds. The fraction of sp³-hybridized carbons (Fsp3) is 0.100. The Labute approximate surface area is 198 Å². The van der Waals surface area contributed by atoms with Crippen molar-refractivity contribution in [1.29, 1.82) is 0 Å². The van der Waals surface area contributed by atoms with Crippen molar-refractivity contribution in [1.82, 2.24) is 10.2 Å². The summed E-state index contributed by atoms with van der Waals surface area (Å²) in [7, 11) is -2.73. The maximum Gasteiger partial charge on any atom is 0.471 e. The Morgan fingerprint density at radius 2 is 1.83 bits per heavy atom. The predicted molar refractivity (Wildman–Crippen MR) is 118 cm³/mol. The van der Waals surface area contributed by atoms with Gasteiger partial charge in [0.1, 0.15) is 24.0 Å². The molecule has 35 heavy (non-hydrogen) atoms. The summed E-state index contributed by atoms with van der Waals surface area (Å²) in [6, 6.07) is 6.80. The minimum atomic E-state index is -4.86. The van der Waals surface area contributed by atoms with Crippen LogP contribution in [0.5, 0.6) is 11.5 Å². The normalized spacial score (nSPS) is 12.5. The van der Waals surface area contributed by atoms with Gasteiger partial charge in [0, 0.05) is 11.9 Å². The van der Waals surface area contributed by atoms with E-state index >= 15 is 0 Å². The van der Waals surface area contributed by atoms with Crippen molar-refractivity contribution in [2.75, 3.05) is 6.73 Å². The average Bonchev–Trinajstić information content (AvgIpc) is 2.78. The van der Waals surface area contributed by atoms with E-state index in [4.69, 9.17) is 14.5 Å².